The van der Waals surface area contributed by atoms with Gasteiger partial charge in [-0.05, 0) is 18.9 Å². The van der Waals surface area contributed by atoms with Crippen LogP contribution in [0.25, 0.3) is 0 Å². The van der Waals surface area contributed by atoms with E-state index >= 15 is 0 Å². The summed E-state index contributed by atoms with van der Waals surface area (Å²) in [6.07, 6.45) is 0.633. The summed E-state index contributed by atoms with van der Waals surface area (Å²) < 4.78 is 10.5. The zero-order valence-corrected chi connectivity index (χ0v) is 14.2. The van der Waals surface area contributed by atoms with Crippen LogP contribution in [0.4, 0.5) is 5.69 Å². The topological polar surface area (TPSA) is 90.7 Å². The molecule has 0 aliphatic carbocycles. The summed E-state index contributed by atoms with van der Waals surface area (Å²) in [7, 11) is 1.42. The summed E-state index contributed by atoms with van der Waals surface area (Å²) in [6.45, 7) is 2.46. The Kier molecular flexibility index (Phi) is 6.33. The Morgan fingerprint density at radius 1 is 1.20 bits per heavy atom. The van der Waals surface area contributed by atoms with Gasteiger partial charge in [-0.1, -0.05) is 30.3 Å². The van der Waals surface area contributed by atoms with E-state index < -0.39 is 10.8 Å². The first-order chi connectivity index (χ1) is 12.1. The van der Waals surface area contributed by atoms with Crippen molar-refractivity contribution in [2.75, 3.05) is 20.3 Å². The fourth-order valence-corrected chi connectivity index (χ4v) is 2.37. The third-order valence-corrected chi connectivity index (χ3v) is 3.57. The molecule has 0 spiro atoms. The van der Waals surface area contributed by atoms with Crippen LogP contribution < -0.4 is 14.8 Å². The zero-order chi connectivity index (χ0) is 18.2. The Balaban J connectivity index is 2.17. The summed E-state index contributed by atoms with van der Waals surface area (Å²) in [5.74, 6) is -0.0119. The van der Waals surface area contributed by atoms with Gasteiger partial charge in [-0.25, -0.2) is 0 Å². The fourth-order valence-electron chi connectivity index (χ4n) is 2.37. The van der Waals surface area contributed by atoms with E-state index in [9.17, 15) is 14.9 Å². The molecule has 0 fully saturated rings. The van der Waals surface area contributed by atoms with E-state index in [1.807, 2.05) is 30.3 Å². The van der Waals surface area contributed by atoms with Crippen molar-refractivity contribution in [1.29, 1.82) is 0 Å². The largest absolute Gasteiger partial charge is 0.493 e. The van der Waals surface area contributed by atoms with Crippen molar-refractivity contribution in [1.82, 2.24) is 5.32 Å². The molecule has 0 unspecified atom stereocenters. The monoisotopic (exact) mass is 344 g/mol. The van der Waals surface area contributed by atoms with Crippen molar-refractivity contribution in [2.24, 2.45) is 0 Å². The number of nitro groups is 1. The van der Waals surface area contributed by atoms with E-state index in [1.54, 1.807) is 6.92 Å². The average molecular weight is 344 g/mol. The second-order valence-corrected chi connectivity index (χ2v) is 5.20. The first-order valence-electron chi connectivity index (χ1n) is 7.88. The van der Waals surface area contributed by atoms with Crippen LogP contribution >= 0.6 is 0 Å². The Labute approximate surface area is 145 Å². The molecule has 0 radical (unpaired) electrons. The molecule has 0 bridgehead atoms. The highest BCUT2D eigenvalue weighted by molar-refractivity contribution is 5.99. The molecule has 132 valence electrons. The summed E-state index contributed by atoms with van der Waals surface area (Å²) in [4.78, 5) is 23.1. The summed E-state index contributed by atoms with van der Waals surface area (Å²) in [5, 5.41) is 14.0. The quantitative estimate of drug-likeness (QED) is 0.587. The number of nitrogens with one attached hydrogen (secondary N) is 1. The highest BCUT2D eigenvalue weighted by Crippen LogP contribution is 2.34. The van der Waals surface area contributed by atoms with E-state index in [4.69, 9.17) is 9.47 Å². The fraction of sp³-hybridized carbons (Fsp3) is 0.278. The van der Waals surface area contributed by atoms with Crippen LogP contribution in [-0.2, 0) is 6.42 Å². The van der Waals surface area contributed by atoms with Gasteiger partial charge < -0.3 is 14.8 Å². The minimum Gasteiger partial charge on any atom is -0.493 e. The standard InChI is InChI=1S/C18H20N2O5/c1-3-25-17-12-15(20(22)23)14(11-16(17)24-2)18(21)19-10-9-13-7-5-4-6-8-13/h4-8,11-12H,3,9-10H2,1-2H3,(H,19,21). The van der Waals surface area contributed by atoms with Crippen LogP contribution in [0.2, 0.25) is 0 Å². The smallest absolute Gasteiger partial charge is 0.286 e. The van der Waals surface area contributed by atoms with Crippen molar-refractivity contribution in [2.45, 2.75) is 13.3 Å². The third-order valence-electron chi connectivity index (χ3n) is 3.57. The van der Waals surface area contributed by atoms with Crippen LogP contribution in [0, 0.1) is 10.1 Å². The predicted molar refractivity (Wildman–Crippen MR) is 93.3 cm³/mol. The highest BCUT2D eigenvalue weighted by atomic mass is 16.6. The van der Waals surface area contributed by atoms with Crippen molar-refractivity contribution in [3.63, 3.8) is 0 Å². The minimum absolute atomic E-state index is 0.0571. The van der Waals surface area contributed by atoms with Crippen LogP contribution in [0.3, 0.4) is 0 Å². The number of methoxy groups -OCH3 is 1. The van der Waals surface area contributed by atoms with Crippen LogP contribution in [0.5, 0.6) is 11.5 Å². The lowest BCUT2D eigenvalue weighted by atomic mass is 10.1. The summed E-state index contributed by atoms with van der Waals surface area (Å²) in [6, 6.07) is 12.2. The third kappa shape index (κ3) is 4.69. The predicted octanol–water partition coefficient (Wildman–Crippen LogP) is 2.97. The van der Waals surface area contributed by atoms with Gasteiger partial charge in [-0.2, -0.15) is 0 Å². The van der Waals surface area contributed by atoms with E-state index in [1.165, 1.54) is 19.2 Å². The summed E-state index contributed by atoms with van der Waals surface area (Å²) in [5.41, 5.74) is 0.696. The molecular weight excluding hydrogens is 324 g/mol. The Hall–Kier alpha value is -3.09. The van der Waals surface area contributed by atoms with E-state index in [0.717, 1.165) is 5.56 Å². The van der Waals surface area contributed by atoms with Gasteiger partial charge >= 0.3 is 0 Å². The van der Waals surface area contributed by atoms with Gasteiger partial charge in [0, 0.05) is 12.6 Å². The number of carbonyl (C=O) groups is 1. The molecule has 0 saturated heterocycles. The number of amides is 1. The van der Waals surface area contributed by atoms with Crippen molar-refractivity contribution < 1.29 is 19.2 Å². The number of hydrogen-bond acceptors (Lipinski definition) is 5. The minimum atomic E-state index is -0.603. The Morgan fingerprint density at radius 2 is 1.92 bits per heavy atom. The maximum atomic E-state index is 12.4. The molecule has 0 atom stereocenters. The maximum absolute atomic E-state index is 12.4. The van der Waals surface area contributed by atoms with Gasteiger partial charge in [0.25, 0.3) is 11.6 Å². The Morgan fingerprint density at radius 3 is 2.52 bits per heavy atom. The average Bonchev–Trinajstić information content (AvgIpc) is 2.62. The van der Waals surface area contributed by atoms with Crippen LogP contribution in [0.1, 0.15) is 22.8 Å². The maximum Gasteiger partial charge on any atom is 0.286 e. The van der Waals surface area contributed by atoms with Gasteiger partial charge in [0.05, 0.1) is 24.7 Å². The first kappa shape index (κ1) is 18.3. The van der Waals surface area contributed by atoms with Gasteiger partial charge in [-0.3, -0.25) is 14.9 Å². The van der Waals surface area contributed by atoms with Crippen molar-refractivity contribution in [3.8, 4) is 11.5 Å². The molecule has 7 heteroatoms. The molecule has 1 amide bonds. The lowest BCUT2D eigenvalue weighted by Crippen LogP contribution is -2.26. The molecule has 0 aliphatic rings. The molecule has 25 heavy (non-hydrogen) atoms. The number of ether oxygens (including phenoxy) is 2. The van der Waals surface area contributed by atoms with Gasteiger partial charge in [0.2, 0.25) is 0 Å². The van der Waals surface area contributed by atoms with E-state index in [0.29, 0.717) is 19.6 Å². The molecule has 2 rings (SSSR count). The molecule has 1 N–H and O–H groups in total. The second kappa shape index (κ2) is 8.68. The number of benzene rings is 2. The van der Waals surface area contributed by atoms with Gasteiger partial charge in [0.15, 0.2) is 11.5 Å². The highest BCUT2D eigenvalue weighted by Gasteiger charge is 2.24. The normalized spacial score (nSPS) is 10.2. The number of carbonyl (C=O) groups excluding carboxylic acids is 1. The molecular formula is C18H20N2O5. The number of hydrogen-bond donors (Lipinski definition) is 1. The molecule has 7 nitrogen and oxygen atoms in total. The van der Waals surface area contributed by atoms with Crippen molar-refractivity contribution >= 4 is 11.6 Å². The molecule has 0 aliphatic heterocycles. The molecule has 0 saturated carbocycles. The SMILES string of the molecule is CCOc1cc([N+](=O)[O-])c(C(=O)NCCc2ccccc2)cc1OC. The number of nitrogens with zero attached hydrogens (tertiary/aromatic N) is 1. The zero-order valence-electron chi connectivity index (χ0n) is 14.2. The van der Waals surface area contributed by atoms with E-state index in [-0.39, 0.29) is 22.7 Å². The molecule has 0 heterocycles. The summed E-state index contributed by atoms with van der Waals surface area (Å²) >= 11 is 0. The Bertz CT molecular complexity index is 747. The van der Waals surface area contributed by atoms with Gasteiger partial charge in [-0.15, -0.1) is 0 Å². The van der Waals surface area contributed by atoms with Crippen molar-refractivity contribution in [3.05, 3.63) is 63.7 Å². The van der Waals surface area contributed by atoms with E-state index in [2.05, 4.69) is 5.32 Å². The molecule has 2 aromatic rings. The molecule has 2 aromatic carbocycles. The number of rotatable bonds is 8. The van der Waals surface area contributed by atoms with Crippen LogP contribution in [0.15, 0.2) is 42.5 Å². The lowest BCUT2D eigenvalue weighted by molar-refractivity contribution is -0.385. The van der Waals surface area contributed by atoms with Gasteiger partial charge in [0.1, 0.15) is 5.56 Å². The first-order valence-corrected chi connectivity index (χ1v) is 7.88. The second-order valence-electron chi connectivity index (χ2n) is 5.20. The van der Waals surface area contributed by atoms with Crippen LogP contribution in [-0.4, -0.2) is 31.1 Å². The number of nitro benzene ring substituents is 1. The molecule has 0 aromatic heterocycles. The lowest BCUT2D eigenvalue weighted by Gasteiger charge is -2.12.